The van der Waals surface area contributed by atoms with Crippen LogP contribution in [0.3, 0.4) is 0 Å². The van der Waals surface area contributed by atoms with Crippen LogP contribution in [0, 0.1) is 0 Å². The van der Waals surface area contributed by atoms with E-state index in [1.807, 2.05) is 16.9 Å². The smallest absolute Gasteiger partial charge is 0.251 e. The number of nitrogens with one attached hydrogen (secondary N) is 1. The molecule has 0 radical (unpaired) electrons. The van der Waals surface area contributed by atoms with E-state index in [-0.39, 0.29) is 5.91 Å². The Kier molecular flexibility index (Phi) is 4.84. The van der Waals surface area contributed by atoms with Crippen LogP contribution >= 0.6 is 12.2 Å². The number of hydrogen-bond donors (Lipinski definition) is 2. The molecule has 1 aromatic heterocycles. The van der Waals surface area contributed by atoms with Gasteiger partial charge in [-0.15, -0.1) is 0 Å². The minimum absolute atomic E-state index is 0.0973. The van der Waals surface area contributed by atoms with Gasteiger partial charge < -0.3 is 11.1 Å². The van der Waals surface area contributed by atoms with E-state index in [1.54, 1.807) is 30.5 Å². The first-order valence-electron chi connectivity index (χ1n) is 6.32. The van der Waals surface area contributed by atoms with Crippen molar-refractivity contribution in [2.45, 2.75) is 13.0 Å². The topological polar surface area (TPSA) is 72.9 Å². The number of thiocarbonyl (C=S) groups is 1. The molecule has 0 atom stereocenters. The third-order valence-electron chi connectivity index (χ3n) is 2.84. The second-order valence-electron chi connectivity index (χ2n) is 4.32. The average Bonchev–Trinajstić information content (AvgIpc) is 2.96. The Bertz CT molecular complexity index is 578. The molecule has 1 aromatic carbocycles. The molecule has 0 aliphatic rings. The van der Waals surface area contributed by atoms with Gasteiger partial charge in [-0.2, -0.15) is 5.10 Å². The van der Waals surface area contributed by atoms with Crippen LogP contribution in [-0.2, 0) is 6.54 Å². The standard InChI is InChI=1S/C14H16N4OS/c15-13(20)11-3-5-12(6-4-11)14(19)16-7-1-9-18-10-2-8-17-18/h2-6,8,10H,1,7,9H2,(H2,15,20)(H,16,19). The van der Waals surface area contributed by atoms with Gasteiger partial charge in [0.05, 0.1) is 0 Å². The van der Waals surface area contributed by atoms with E-state index < -0.39 is 0 Å². The molecule has 5 nitrogen and oxygen atoms in total. The summed E-state index contributed by atoms with van der Waals surface area (Å²) >= 11 is 4.86. The maximum absolute atomic E-state index is 11.9. The van der Waals surface area contributed by atoms with Crippen molar-refractivity contribution in [1.82, 2.24) is 15.1 Å². The zero-order valence-corrected chi connectivity index (χ0v) is 11.8. The van der Waals surface area contributed by atoms with Crippen molar-refractivity contribution in [3.8, 4) is 0 Å². The van der Waals surface area contributed by atoms with Crippen LogP contribution in [-0.4, -0.2) is 27.2 Å². The molecular formula is C14H16N4OS. The lowest BCUT2D eigenvalue weighted by Gasteiger charge is -2.06. The number of amides is 1. The third-order valence-corrected chi connectivity index (χ3v) is 3.08. The lowest BCUT2D eigenvalue weighted by atomic mass is 10.1. The molecule has 6 heteroatoms. The van der Waals surface area contributed by atoms with E-state index in [1.165, 1.54) is 0 Å². The second kappa shape index (κ2) is 6.81. The summed E-state index contributed by atoms with van der Waals surface area (Å²) in [5, 5.41) is 6.96. The van der Waals surface area contributed by atoms with E-state index in [9.17, 15) is 4.79 Å². The summed E-state index contributed by atoms with van der Waals surface area (Å²) in [5.41, 5.74) is 6.87. The molecule has 0 saturated carbocycles. The van der Waals surface area contributed by atoms with Gasteiger partial charge in [0.15, 0.2) is 0 Å². The summed E-state index contributed by atoms with van der Waals surface area (Å²) in [4.78, 5) is 12.2. The van der Waals surface area contributed by atoms with Crippen LogP contribution in [0.25, 0.3) is 0 Å². The fourth-order valence-electron chi connectivity index (χ4n) is 1.76. The molecule has 2 rings (SSSR count). The Labute approximate surface area is 122 Å². The number of benzene rings is 1. The molecule has 0 fully saturated rings. The van der Waals surface area contributed by atoms with Crippen molar-refractivity contribution in [3.05, 3.63) is 53.9 Å². The monoisotopic (exact) mass is 288 g/mol. The summed E-state index contributed by atoms with van der Waals surface area (Å²) in [6.45, 7) is 1.39. The predicted molar refractivity (Wildman–Crippen MR) is 81.5 cm³/mol. The molecule has 0 saturated heterocycles. The van der Waals surface area contributed by atoms with Gasteiger partial charge in [0, 0.05) is 36.6 Å². The molecule has 1 heterocycles. The summed E-state index contributed by atoms with van der Waals surface area (Å²) in [7, 11) is 0. The number of carbonyl (C=O) groups is 1. The summed E-state index contributed by atoms with van der Waals surface area (Å²) in [6, 6.07) is 8.82. The highest BCUT2D eigenvalue weighted by molar-refractivity contribution is 7.80. The zero-order chi connectivity index (χ0) is 14.4. The molecule has 0 spiro atoms. The Morgan fingerprint density at radius 3 is 2.60 bits per heavy atom. The summed E-state index contributed by atoms with van der Waals surface area (Å²) < 4.78 is 1.84. The number of aryl methyl sites for hydroxylation is 1. The molecular weight excluding hydrogens is 272 g/mol. The van der Waals surface area contributed by atoms with E-state index in [0.29, 0.717) is 17.1 Å². The molecule has 0 bridgehead atoms. The second-order valence-corrected chi connectivity index (χ2v) is 4.76. The van der Waals surface area contributed by atoms with Gasteiger partial charge in [-0.05, 0) is 24.6 Å². The van der Waals surface area contributed by atoms with Gasteiger partial charge in [-0.25, -0.2) is 0 Å². The largest absolute Gasteiger partial charge is 0.389 e. The SMILES string of the molecule is NC(=S)c1ccc(C(=O)NCCCn2cccn2)cc1. The average molecular weight is 288 g/mol. The van der Waals surface area contributed by atoms with E-state index in [0.717, 1.165) is 18.5 Å². The van der Waals surface area contributed by atoms with E-state index >= 15 is 0 Å². The normalized spacial score (nSPS) is 10.2. The number of aromatic nitrogens is 2. The van der Waals surface area contributed by atoms with Gasteiger partial charge in [-0.1, -0.05) is 24.4 Å². The maximum Gasteiger partial charge on any atom is 0.251 e. The lowest BCUT2D eigenvalue weighted by molar-refractivity contribution is 0.0952. The van der Waals surface area contributed by atoms with E-state index in [2.05, 4.69) is 10.4 Å². The highest BCUT2D eigenvalue weighted by Crippen LogP contribution is 2.04. The van der Waals surface area contributed by atoms with Gasteiger partial charge >= 0.3 is 0 Å². The van der Waals surface area contributed by atoms with Crippen molar-refractivity contribution in [1.29, 1.82) is 0 Å². The van der Waals surface area contributed by atoms with Crippen LogP contribution in [0.1, 0.15) is 22.3 Å². The van der Waals surface area contributed by atoms with Gasteiger partial charge in [0.25, 0.3) is 5.91 Å². The van der Waals surface area contributed by atoms with Crippen molar-refractivity contribution in [2.24, 2.45) is 5.73 Å². The molecule has 20 heavy (non-hydrogen) atoms. The van der Waals surface area contributed by atoms with Crippen molar-refractivity contribution in [3.63, 3.8) is 0 Å². The number of rotatable bonds is 6. The number of nitrogens with two attached hydrogens (primary N) is 1. The quantitative estimate of drug-likeness (QED) is 0.621. The molecule has 0 unspecified atom stereocenters. The molecule has 104 valence electrons. The van der Waals surface area contributed by atoms with Crippen LogP contribution in [0.5, 0.6) is 0 Å². The first-order chi connectivity index (χ1) is 9.66. The molecule has 2 aromatic rings. The first kappa shape index (κ1) is 14.2. The van der Waals surface area contributed by atoms with Crippen LogP contribution < -0.4 is 11.1 Å². The van der Waals surface area contributed by atoms with E-state index in [4.69, 9.17) is 18.0 Å². The van der Waals surface area contributed by atoms with Gasteiger partial charge in [-0.3, -0.25) is 9.48 Å². The van der Waals surface area contributed by atoms with Gasteiger partial charge in [0.1, 0.15) is 4.99 Å². The number of hydrogen-bond acceptors (Lipinski definition) is 3. The highest BCUT2D eigenvalue weighted by atomic mass is 32.1. The van der Waals surface area contributed by atoms with Crippen molar-refractivity contribution < 1.29 is 4.79 Å². The Morgan fingerprint density at radius 2 is 2.00 bits per heavy atom. The lowest BCUT2D eigenvalue weighted by Crippen LogP contribution is -2.25. The zero-order valence-electron chi connectivity index (χ0n) is 11.0. The van der Waals surface area contributed by atoms with Crippen LogP contribution in [0.4, 0.5) is 0 Å². The maximum atomic E-state index is 11.9. The van der Waals surface area contributed by atoms with Crippen molar-refractivity contribution in [2.75, 3.05) is 6.54 Å². The summed E-state index contributed by atoms with van der Waals surface area (Å²) in [5.74, 6) is -0.0973. The van der Waals surface area contributed by atoms with Crippen molar-refractivity contribution >= 4 is 23.1 Å². The minimum Gasteiger partial charge on any atom is -0.389 e. The Morgan fingerprint density at radius 1 is 1.30 bits per heavy atom. The Hall–Kier alpha value is -2.21. The molecule has 3 N–H and O–H groups in total. The van der Waals surface area contributed by atoms with Gasteiger partial charge in [0.2, 0.25) is 0 Å². The Balaban J connectivity index is 1.78. The fourth-order valence-corrected chi connectivity index (χ4v) is 1.90. The third kappa shape index (κ3) is 3.89. The molecule has 0 aliphatic carbocycles. The van der Waals surface area contributed by atoms with Crippen LogP contribution in [0.15, 0.2) is 42.7 Å². The first-order valence-corrected chi connectivity index (χ1v) is 6.73. The fraction of sp³-hybridized carbons (Fsp3) is 0.214. The predicted octanol–water partition coefficient (Wildman–Crippen LogP) is 1.34. The summed E-state index contributed by atoms with van der Waals surface area (Å²) in [6.07, 6.45) is 4.47. The van der Waals surface area contributed by atoms with Crippen LogP contribution in [0.2, 0.25) is 0 Å². The number of carbonyl (C=O) groups excluding carboxylic acids is 1. The molecule has 0 aliphatic heterocycles. The molecule has 1 amide bonds. The highest BCUT2D eigenvalue weighted by Gasteiger charge is 2.05. The minimum atomic E-state index is -0.0973. The number of nitrogens with zero attached hydrogens (tertiary/aromatic N) is 2.